The van der Waals surface area contributed by atoms with E-state index in [-0.39, 0.29) is 58.7 Å². The molecule has 0 radical (unpaired) electrons. The molecule has 3 heterocycles. The van der Waals surface area contributed by atoms with Crippen molar-refractivity contribution in [1.29, 1.82) is 0 Å². The molecule has 0 saturated heterocycles. The van der Waals surface area contributed by atoms with Gasteiger partial charge in [0, 0.05) is 26.9 Å². The number of carboxylic acid groups (broad SMARTS) is 1. The number of alkyl halides is 3. The third-order valence-corrected chi connectivity index (χ3v) is 6.20. The first-order valence-electron chi connectivity index (χ1n) is 12.3. The van der Waals surface area contributed by atoms with E-state index in [1.807, 2.05) is 0 Å². The van der Waals surface area contributed by atoms with Gasteiger partial charge in [0.25, 0.3) is 5.56 Å². The minimum atomic E-state index is -4.46. The maximum absolute atomic E-state index is 14.3. The number of aromatic amines is 1. The zero-order chi connectivity index (χ0) is 31.2. The lowest BCUT2D eigenvalue weighted by Gasteiger charge is -2.17. The van der Waals surface area contributed by atoms with E-state index in [1.54, 1.807) is 14.1 Å². The van der Waals surface area contributed by atoms with Crippen LogP contribution in [-0.2, 0) is 22.6 Å². The number of amides is 3. The molecular formula is C25H26ClF4N7O5. The normalized spacial score (nSPS) is 12.5. The SMILES string of the molecule is CN(C)C(=O)/C=C/CCC(NC(=O)O)C(=O)Nc1ccc(Cl)n(Cc2nc3c(F)cnc(CCC(F)(F)F)c3[nH]2)c1=O. The molecule has 12 nitrogen and oxygen atoms in total. The minimum Gasteiger partial charge on any atom is -0.465 e. The standard InChI is InChI=1S/C25H26ClF4N7O5/c1-36(2)19(38)6-4-3-5-15(33-24(41)42)22(39)32-16-7-8-17(26)37(23(16)40)12-18-34-20-13(27)11-31-14(21(20)35-18)9-10-25(28,29)30/h4,6-8,11,15,33H,3,5,9-10,12H2,1-2H3,(H,32,39)(H,34,35)(H,41,42)/b6-4+. The molecule has 1 atom stereocenters. The first-order chi connectivity index (χ1) is 19.7. The Balaban J connectivity index is 1.82. The molecule has 3 amide bonds. The van der Waals surface area contributed by atoms with Gasteiger partial charge in [-0.2, -0.15) is 13.2 Å². The molecule has 1 unspecified atom stereocenters. The first-order valence-corrected chi connectivity index (χ1v) is 12.7. The third kappa shape index (κ3) is 8.52. The molecule has 0 fully saturated rings. The van der Waals surface area contributed by atoms with E-state index in [4.69, 9.17) is 16.7 Å². The lowest BCUT2D eigenvalue weighted by molar-refractivity contribution is -0.134. The summed E-state index contributed by atoms with van der Waals surface area (Å²) in [7, 11) is 3.10. The third-order valence-electron chi connectivity index (χ3n) is 5.87. The average molecular weight is 616 g/mol. The second-order valence-electron chi connectivity index (χ2n) is 9.24. The number of nitrogens with zero attached hydrogens (tertiary/aromatic N) is 4. The first kappa shape index (κ1) is 32.0. The summed E-state index contributed by atoms with van der Waals surface area (Å²) in [5.74, 6) is -2.07. The van der Waals surface area contributed by atoms with Crippen LogP contribution in [0.1, 0.15) is 30.8 Å². The van der Waals surface area contributed by atoms with Gasteiger partial charge in [0.15, 0.2) is 5.82 Å². The van der Waals surface area contributed by atoms with Gasteiger partial charge in [-0.25, -0.2) is 14.2 Å². The van der Waals surface area contributed by atoms with E-state index < -0.39 is 48.4 Å². The van der Waals surface area contributed by atoms with Gasteiger partial charge in [0.1, 0.15) is 28.2 Å². The zero-order valence-corrected chi connectivity index (χ0v) is 23.0. The number of H-pyrrole nitrogens is 1. The van der Waals surface area contributed by atoms with Crippen LogP contribution < -0.4 is 16.2 Å². The van der Waals surface area contributed by atoms with Gasteiger partial charge < -0.3 is 25.6 Å². The predicted molar refractivity (Wildman–Crippen MR) is 144 cm³/mol. The van der Waals surface area contributed by atoms with Crippen LogP contribution in [0.25, 0.3) is 11.0 Å². The number of pyridine rings is 2. The lowest BCUT2D eigenvalue weighted by Crippen LogP contribution is -2.44. The van der Waals surface area contributed by atoms with Crippen molar-refractivity contribution in [3.63, 3.8) is 0 Å². The van der Waals surface area contributed by atoms with Crippen molar-refractivity contribution in [2.45, 2.75) is 44.4 Å². The van der Waals surface area contributed by atoms with Crippen LogP contribution in [-0.4, -0.2) is 73.7 Å². The summed E-state index contributed by atoms with van der Waals surface area (Å²) in [6.07, 6.45) is -4.05. The van der Waals surface area contributed by atoms with Gasteiger partial charge in [-0.15, -0.1) is 0 Å². The molecule has 0 bridgehead atoms. The summed E-state index contributed by atoms with van der Waals surface area (Å²) in [5, 5.41) is 13.4. The summed E-state index contributed by atoms with van der Waals surface area (Å²) in [6, 6.07) is 1.18. The number of imidazole rings is 1. The van der Waals surface area contributed by atoms with E-state index in [0.29, 0.717) is 0 Å². The number of nitrogens with one attached hydrogen (secondary N) is 3. The Morgan fingerprint density at radius 1 is 1.26 bits per heavy atom. The Morgan fingerprint density at radius 2 is 1.98 bits per heavy atom. The summed E-state index contributed by atoms with van der Waals surface area (Å²) < 4.78 is 53.4. The fourth-order valence-electron chi connectivity index (χ4n) is 3.77. The van der Waals surface area contributed by atoms with Crippen LogP contribution in [0.3, 0.4) is 0 Å². The Bertz CT molecular complexity index is 1570. The Kier molecular flexibility index (Phi) is 10.3. The Labute approximate surface area is 240 Å². The predicted octanol–water partition coefficient (Wildman–Crippen LogP) is 3.45. The van der Waals surface area contributed by atoms with Crippen molar-refractivity contribution < 1.29 is 37.1 Å². The number of allylic oxidation sites excluding steroid dienone is 1. The maximum atomic E-state index is 14.3. The molecule has 3 rings (SSSR count). The molecule has 17 heteroatoms. The van der Waals surface area contributed by atoms with Gasteiger partial charge in [-0.05, 0) is 31.1 Å². The smallest absolute Gasteiger partial charge is 0.405 e. The molecule has 0 aliphatic rings. The van der Waals surface area contributed by atoms with E-state index in [2.05, 4.69) is 25.6 Å². The van der Waals surface area contributed by atoms with Gasteiger partial charge in [0.05, 0.1) is 24.0 Å². The average Bonchev–Trinajstić information content (AvgIpc) is 3.33. The van der Waals surface area contributed by atoms with Gasteiger partial charge in [0.2, 0.25) is 11.8 Å². The van der Waals surface area contributed by atoms with Gasteiger partial charge in [-0.3, -0.25) is 23.9 Å². The highest BCUT2D eigenvalue weighted by molar-refractivity contribution is 6.29. The molecule has 0 aliphatic heterocycles. The van der Waals surface area contributed by atoms with Crippen molar-refractivity contribution in [3.8, 4) is 0 Å². The topological polar surface area (TPSA) is 162 Å². The highest BCUT2D eigenvalue weighted by Gasteiger charge is 2.28. The fourth-order valence-corrected chi connectivity index (χ4v) is 3.97. The van der Waals surface area contributed by atoms with E-state index in [9.17, 15) is 36.7 Å². The molecule has 3 aromatic rings. The van der Waals surface area contributed by atoms with Crippen molar-refractivity contribution in [3.05, 3.63) is 63.3 Å². The number of hydrogen-bond acceptors (Lipinski definition) is 6. The number of aromatic nitrogens is 4. The van der Waals surface area contributed by atoms with Gasteiger partial charge in [-0.1, -0.05) is 17.7 Å². The lowest BCUT2D eigenvalue weighted by atomic mass is 10.1. The van der Waals surface area contributed by atoms with Crippen LogP contribution in [0, 0.1) is 5.82 Å². The van der Waals surface area contributed by atoms with E-state index in [0.717, 1.165) is 10.8 Å². The number of carbonyl (C=O) groups is 3. The molecule has 0 aliphatic carbocycles. The molecule has 0 saturated carbocycles. The number of anilines is 1. The quantitative estimate of drug-likeness (QED) is 0.146. The molecule has 42 heavy (non-hydrogen) atoms. The van der Waals surface area contributed by atoms with E-state index >= 15 is 0 Å². The number of rotatable bonds is 11. The van der Waals surface area contributed by atoms with Crippen molar-refractivity contribution >= 4 is 46.2 Å². The van der Waals surface area contributed by atoms with Crippen molar-refractivity contribution in [2.24, 2.45) is 0 Å². The zero-order valence-electron chi connectivity index (χ0n) is 22.3. The van der Waals surface area contributed by atoms with Crippen LogP contribution in [0.15, 0.2) is 35.3 Å². The number of carbonyl (C=O) groups excluding carboxylic acids is 2. The van der Waals surface area contributed by atoms with Crippen molar-refractivity contribution in [1.82, 2.24) is 29.7 Å². The number of likely N-dealkylation sites (N-methyl/N-ethyl adjacent to an activating group) is 1. The highest BCUT2D eigenvalue weighted by atomic mass is 35.5. The van der Waals surface area contributed by atoms with Crippen LogP contribution in [0.5, 0.6) is 0 Å². The molecule has 0 aromatic carbocycles. The molecule has 3 aromatic heterocycles. The summed E-state index contributed by atoms with van der Waals surface area (Å²) >= 11 is 6.18. The highest BCUT2D eigenvalue weighted by Crippen LogP contribution is 2.25. The second-order valence-corrected chi connectivity index (χ2v) is 9.63. The molecule has 0 spiro atoms. The van der Waals surface area contributed by atoms with Gasteiger partial charge >= 0.3 is 12.3 Å². The largest absolute Gasteiger partial charge is 0.465 e. The number of aryl methyl sites for hydroxylation is 1. The van der Waals surface area contributed by atoms with Crippen molar-refractivity contribution in [2.75, 3.05) is 19.4 Å². The molecular weight excluding hydrogens is 590 g/mol. The van der Waals surface area contributed by atoms with Crippen LogP contribution >= 0.6 is 11.6 Å². The Morgan fingerprint density at radius 3 is 2.62 bits per heavy atom. The number of fused-ring (bicyclic) bond motifs is 1. The fraction of sp³-hybridized carbons (Fsp3) is 0.360. The summed E-state index contributed by atoms with van der Waals surface area (Å²) in [5.41, 5.74) is -1.49. The minimum absolute atomic E-state index is 0.0258. The monoisotopic (exact) mass is 615 g/mol. The number of halogens is 5. The molecule has 226 valence electrons. The molecule has 4 N–H and O–H groups in total. The summed E-state index contributed by atoms with van der Waals surface area (Å²) in [6.45, 7) is -0.379. The Hall–Kier alpha value is -4.47. The van der Waals surface area contributed by atoms with E-state index in [1.165, 1.54) is 29.2 Å². The van der Waals surface area contributed by atoms with Crippen LogP contribution in [0.2, 0.25) is 5.15 Å². The van der Waals surface area contributed by atoms with Crippen LogP contribution in [0.4, 0.5) is 28.0 Å². The second kappa shape index (κ2) is 13.5. The number of hydrogen-bond donors (Lipinski definition) is 4. The summed E-state index contributed by atoms with van der Waals surface area (Å²) in [4.78, 5) is 60.7. The maximum Gasteiger partial charge on any atom is 0.405 e.